The summed E-state index contributed by atoms with van der Waals surface area (Å²) in [7, 11) is -3.56. The molecule has 3 saturated heterocycles. The Labute approximate surface area is 189 Å². The molecule has 32 heavy (non-hydrogen) atoms. The Morgan fingerprint density at radius 2 is 1.84 bits per heavy atom. The molecule has 5 rings (SSSR count). The molecule has 6 N–H and O–H groups in total. The number of hydrogen-bond acceptors (Lipinski definition) is 7. The van der Waals surface area contributed by atoms with E-state index in [1.807, 2.05) is 0 Å². The highest BCUT2D eigenvalue weighted by atomic mass is 32.2. The third-order valence-electron chi connectivity index (χ3n) is 7.55. The van der Waals surface area contributed by atoms with Crippen LogP contribution in [0.2, 0.25) is 0 Å². The van der Waals surface area contributed by atoms with Gasteiger partial charge >= 0.3 is 0 Å². The number of hydrazine groups is 1. The average molecular weight is 463 g/mol. The second kappa shape index (κ2) is 9.36. The molecule has 6 atom stereocenters. The van der Waals surface area contributed by atoms with E-state index < -0.39 is 10.0 Å². The fourth-order valence-electron chi connectivity index (χ4n) is 5.67. The zero-order chi connectivity index (χ0) is 22.1. The van der Waals surface area contributed by atoms with Gasteiger partial charge < -0.3 is 16.0 Å². The molecular formula is C22H34N6O3S. The third-order valence-corrected chi connectivity index (χ3v) is 9.08. The van der Waals surface area contributed by atoms with Crippen molar-refractivity contribution in [3.05, 3.63) is 29.8 Å². The van der Waals surface area contributed by atoms with Crippen LogP contribution in [0.3, 0.4) is 0 Å². The number of nitrogens with one attached hydrogen (secondary N) is 6. The number of piperidine rings is 1. The minimum absolute atomic E-state index is 0.0170. The first kappa shape index (κ1) is 22.2. The fraction of sp³-hybridized carbons (Fsp3) is 0.682. The molecule has 3 aliphatic heterocycles. The van der Waals surface area contributed by atoms with Crippen LogP contribution in [0.5, 0.6) is 0 Å². The van der Waals surface area contributed by atoms with Crippen molar-refractivity contribution in [1.82, 2.24) is 31.5 Å². The van der Waals surface area contributed by atoms with Crippen molar-refractivity contribution in [1.29, 1.82) is 0 Å². The van der Waals surface area contributed by atoms with Gasteiger partial charge in [0.15, 0.2) is 0 Å². The molecule has 4 fully saturated rings. The Hall–Kier alpha value is -1.56. The van der Waals surface area contributed by atoms with Gasteiger partial charge in [0, 0.05) is 31.2 Å². The summed E-state index contributed by atoms with van der Waals surface area (Å²) < 4.78 is 28.6. The van der Waals surface area contributed by atoms with Gasteiger partial charge in [-0.05, 0) is 74.7 Å². The molecule has 0 spiro atoms. The lowest BCUT2D eigenvalue weighted by Gasteiger charge is -2.31. The largest absolute Gasteiger partial charge is 0.351 e. The van der Waals surface area contributed by atoms with Crippen LogP contribution in [0.25, 0.3) is 0 Å². The molecule has 0 aromatic heterocycles. The highest BCUT2D eigenvalue weighted by molar-refractivity contribution is 7.89. The molecular weight excluding hydrogens is 428 g/mol. The summed E-state index contributed by atoms with van der Waals surface area (Å²) in [5.74, 6) is 1.13. The normalized spacial score (nSPS) is 34.6. The molecule has 3 heterocycles. The first-order valence-electron chi connectivity index (χ1n) is 11.8. The Kier molecular flexibility index (Phi) is 6.51. The van der Waals surface area contributed by atoms with E-state index in [2.05, 4.69) is 31.5 Å². The smallest absolute Gasteiger partial charge is 0.240 e. The molecule has 1 amide bonds. The number of amides is 1. The van der Waals surface area contributed by atoms with Crippen molar-refractivity contribution in [2.45, 2.75) is 67.7 Å². The minimum Gasteiger partial charge on any atom is -0.351 e. The number of hydrogen-bond donors (Lipinski definition) is 6. The zero-order valence-electron chi connectivity index (χ0n) is 18.3. The summed E-state index contributed by atoms with van der Waals surface area (Å²) in [6.45, 7) is 3.32. The minimum atomic E-state index is -3.56. The molecule has 0 radical (unpaired) electrons. The fourth-order valence-corrected chi connectivity index (χ4v) is 6.95. The maximum atomic E-state index is 12.8. The third kappa shape index (κ3) is 4.85. The van der Waals surface area contributed by atoms with E-state index >= 15 is 0 Å². The van der Waals surface area contributed by atoms with E-state index in [0.29, 0.717) is 30.5 Å². The Bertz CT molecular complexity index is 910. The van der Waals surface area contributed by atoms with E-state index in [0.717, 1.165) is 57.3 Å². The monoisotopic (exact) mass is 462 g/mol. The maximum Gasteiger partial charge on any atom is 0.240 e. The molecule has 176 valence electrons. The second-order valence-electron chi connectivity index (χ2n) is 9.70. The molecule has 1 aliphatic carbocycles. The predicted octanol–water partition coefficient (Wildman–Crippen LogP) is -0.434. The van der Waals surface area contributed by atoms with Gasteiger partial charge in [-0.1, -0.05) is 12.1 Å². The van der Waals surface area contributed by atoms with Crippen LogP contribution < -0.4 is 31.5 Å². The van der Waals surface area contributed by atoms with Crippen LogP contribution in [-0.2, 0) is 21.4 Å². The number of carbonyl (C=O) groups is 1. The highest BCUT2D eigenvalue weighted by Crippen LogP contribution is 2.28. The Morgan fingerprint density at radius 3 is 2.66 bits per heavy atom. The number of sulfonamides is 1. The number of carbonyl (C=O) groups excluding carboxylic acids is 1. The van der Waals surface area contributed by atoms with Crippen LogP contribution >= 0.6 is 0 Å². The van der Waals surface area contributed by atoms with Crippen LogP contribution in [0, 0.1) is 11.8 Å². The summed E-state index contributed by atoms with van der Waals surface area (Å²) in [4.78, 5) is 12.8. The number of rotatable bonds is 6. The zero-order valence-corrected chi connectivity index (χ0v) is 19.1. The summed E-state index contributed by atoms with van der Waals surface area (Å²) in [5.41, 5.74) is 7.31. The molecule has 1 aromatic rings. The number of benzene rings is 1. The van der Waals surface area contributed by atoms with Crippen molar-refractivity contribution < 1.29 is 13.2 Å². The van der Waals surface area contributed by atoms with Crippen LogP contribution in [-0.4, -0.2) is 58.1 Å². The van der Waals surface area contributed by atoms with E-state index in [1.165, 1.54) is 0 Å². The Balaban J connectivity index is 1.12. The molecule has 9 nitrogen and oxygen atoms in total. The van der Waals surface area contributed by atoms with E-state index in [-0.39, 0.29) is 22.9 Å². The Morgan fingerprint density at radius 1 is 1.00 bits per heavy atom. The van der Waals surface area contributed by atoms with Gasteiger partial charge in [0.05, 0.1) is 10.9 Å². The van der Waals surface area contributed by atoms with Gasteiger partial charge in [-0.25, -0.2) is 13.1 Å². The molecule has 0 bridgehead atoms. The topological polar surface area (TPSA) is 123 Å². The van der Waals surface area contributed by atoms with Crippen LogP contribution in [0.15, 0.2) is 29.2 Å². The molecule has 1 saturated carbocycles. The van der Waals surface area contributed by atoms with Gasteiger partial charge in [-0.2, -0.15) is 0 Å². The molecule has 10 heteroatoms. The van der Waals surface area contributed by atoms with Gasteiger partial charge in [-0.15, -0.1) is 0 Å². The first-order chi connectivity index (χ1) is 15.5. The quantitative estimate of drug-likeness (QED) is 0.339. The SMILES string of the molecule is O=C(NCc1ccc(S(=O)(=O)NC2CCC3CNNC3C2)cc1)C1CC2CNCCC2N1. The average Bonchev–Trinajstić information content (AvgIpc) is 3.44. The number of fused-ring (bicyclic) bond motifs is 2. The van der Waals surface area contributed by atoms with Crippen molar-refractivity contribution in [2.75, 3.05) is 19.6 Å². The second-order valence-corrected chi connectivity index (χ2v) is 11.4. The van der Waals surface area contributed by atoms with Gasteiger partial charge in [0.1, 0.15) is 0 Å². The molecule has 4 aliphatic rings. The molecule has 1 aromatic carbocycles. The maximum absolute atomic E-state index is 12.8. The highest BCUT2D eigenvalue weighted by Gasteiger charge is 2.38. The van der Waals surface area contributed by atoms with Gasteiger partial charge in [0.2, 0.25) is 15.9 Å². The van der Waals surface area contributed by atoms with Crippen molar-refractivity contribution in [3.63, 3.8) is 0 Å². The van der Waals surface area contributed by atoms with Crippen LogP contribution in [0.4, 0.5) is 0 Å². The predicted molar refractivity (Wildman–Crippen MR) is 121 cm³/mol. The van der Waals surface area contributed by atoms with E-state index in [9.17, 15) is 13.2 Å². The van der Waals surface area contributed by atoms with Gasteiger partial charge in [-0.3, -0.25) is 15.6 Å². The van der Waals surface area contributed by atoms with Crippen molar-refractivity contribution >= 4 is 15.9 Å². The first-order valence-corrected chi connectivity index (χ1v) is 13.3. The lowest BCUT2D eigenvalue weighted by Crippen LogP contribution is -2.45. The van der Waals surface area contributed by atoms with E-state index in [4.69, 9.17) is 0 Å². The lowest BCUT2D eigenvalue weighted by molar-refractivity contribution is -0.123. The summed E-state index contributed by atoms with van der Waals surface area (Å²) in [5, 5.41) is 9.85. The van der Waals surface area contributed by atoms with Crippen molar-refractivity contribution in [2.24, 2.45) is 11.8 Å². The summed E-state index contributed by atoms with van der Waals surface area (Å²) in [6, 6.07) is 7.37. The van der Waals surface area contributed by atoms with Crippen LogP contribution in [0.1, 0.15) is 37.7 Å². The standard InChI is InChI=1S/C22H34N6O3S/c29-22(21-9-16-12-23-8-7-19(16)26-21)24-11-14-1-5-18(6-2-14)32(30,31)28-17-4-3-15-13-25-27-20(15)10-17/h1-2,5-6,15-17,19-21,23,25-28H,3-4,7-13H2,(H,24,29). The summed E-state index contributed by atoms with van der Waals surface area (Å²) >= 11 is 0. The van der Waals surface area contributed by atoms with E-state index in [1.54, 1.807) is 24.3 Å². The summed E-state index contributed by atoms with van der Waals surface area (Å²) in [6.07, 6.45) is 4.60. The van der Waals surface area contributed by atoms with Crippen molar-refractivity contribution in [3.8, 4) is 0 Å². The van der Waals surface area contributed by atoms with Gasteiger partial charge in [0.25, 0.3) is 0 Å². The molecule has 6 unspecified atom stereocenters. The lowest BCUT2D eigenvalue weighted by atomic mass is 9.83.